The zero-order valence-corrected chi connectivity index (χ0v) is 30.1. The zero-order valence-electron chi connectivity index (χ0n) is 36.1. The van der Waals surface area contributed by atoms with Crippen molar-refractivity contribution in [2.45, 2.75) is 0 Å². The monoisotopic (exact) mass is 735 g/mol. The molecule has 8 aromatic carbocycles. The van der Waals surface area contributed by atoms with Gasteiger partial charge >= 0.3 is 0 Å². The van der Waals surface area contributed by atoms with Gasteiger partial charge in [0.25, 0.3) is 0 Å². The Hall–Kier alpha value is -7.83. The van der Waals surface area contributed by atoms with Crippen LogP contribution in [0.15, 0.2) is 192 Å². The van der Waals surface area contributed by atoms with Gasteiger partial charge in [0.2, 0.25) is 5.95 Å². The lowest BCUT2D eigenvalue weighted by molar-refractivity contribution is 0.670. The fourth-order valence-corrected chi connectivity index (χ4v) is 8.25. The summed E-state index contributed by atoms with van der Waals surface area (Å²) in [5.74, 6) is 1.23. The summed E-state index contributed by atoms with van der Waals surface area (Å²) in [7, 11) is 0. The number of rotatable bonds is 5. The molecule has 0 radical (unpaired) electrons. The van der Waals surface area contributed by atoms with E-state index in [9.17, 15) is 2.74 Å². The van der Waals surface area contributed by atoms with Crippen LogP contribution in [0.3, 0.4) is 0 Å². The van der Waals surface area contributed by atoms with E-state index in [1.165, 1.54) is 12.1 Å². The standard InChI is InChI=1S/C51H31N5O/c1-2-15-32(16-3-1)49-52-50(54-51(53-49)56-44-26-11-6-19-36(44)37-20-7-12-27-45(37)56)33-29-30-38(40-22-14-23-41-39-21-8-13-28-47(39)57-48(40)41)46(31-33)55-42-24-9-4-17-34(42)35-18-5-10-25-43(35)55/h1-31H/i4D,5D,17D,18D,24D,25D. The number of nitrogens with zero attached hydrogens (tertiary/aromatic N) is 5. The molecule has 57 heavy (non-hydrogen) atoms. The van der Waals surface area contributed by atoms with Gasteiger partial charge in [-0.05, 0) is 36.4 Å². The molecule has 0 N–H and O–H groups in total. The Labute approximate surface area is 335 Å². The number of aromatic nitrogens is 5. The molecule has 0 fully saturated rings. The number of hydrogen-bond acceptors (Lipinski definition) is 4. The van der Waals surface area contributed by atoms with Crippen molar-refractivity contribution in [1.29, 1.82) is 0 Å². The molecule has 0 saturated carbocycles. The third-order valence-electron chi connectivity index (χ3n) is 10.8. The summed E-state index contributed by atoms with van der Waals surface area (Å²) in [5.41, 5.74) is 6.97. The van der Waals surface area contributed by atoms with Gasteiger partial charge in [-0.2, -0.15) is 9.97 Å². The van der Waals surface area contributed by atoms with E-state index < -0.39 is 0 Å². The van der Waals surface area contributed by atoms with Gasteiger partial charge < -0.3 is 8.98 Å². The molecule has 0 spiro atoms. The van der Waals surface area contributed by atoms with Crippen LogP contribution in [0, 0.1) is 0 Å². The highest BCUT2D eigenvalue weighted by molar-refractivity contribution is 6.13. The molecule has 0 aliphatic rings. The third-order valence-corrected chi connectivity index (χ3v) is 10.8. The second kappa shape index (κ2) is 12.3. The minimum atomic E-state index is -0.193. The number of benzene rings is 8. The molecule has 0 saturated heterocycles. The molecular formula is C51H31N5O. The number of fused-ring (bicyclic) bond motifs is 9. The first-order valence-corrected chi connectivity index (χ1v) is 18.6. The van der Waals surface area contributed by atoms with Crippen LogP contribution in [0.2, 0.25) is 0 Å². The minimum Gasteiger partial charge on any atom is -0.455 e. The van der Waals surface area contributed by atoms with E-state index >= 15 is 0 Å². The Morgan fingerprint density at radius 3 is 1.75 bits per heavy atom. The van der Waals surface area contributed by atoms with E-state index in [1.54, 1.807) is 4.57 Å². The Morgan fingerprint density at radius 1 is 0.421 bits per heavy atom. The highest BCUT2D eigenvalue weighted by atomic mass is 16.3. The maximum absolute atomic E-state index is 9.33. The van der Waals surface area contributed by atoms with Crippen LogP contribution >= 0.6 is 0 Å². The van der Waals surface area contributed by atoms with E-state index in [1.807, 2.05) is 120 Å². The maximum atomic E-state index is 9.33. The van der Waals surface area contributed by atoms with E-state index in [0.717, 1.165) is 49.3 Å². The van der Waals surface area contributed by atoms with Gasteiger partial charge in [0.15, 0.2) is 11.6 Å². The fourth-order valence-electron chi connectivity index (χ4n) is 8.25. The van der Waals surface area contributed by atoms with Gasteiger partial charge in [-0.25, -0.2) is 4.98 Å². The average Bonchev–Trinajstić information content (AvgIpc) is 3.99. The molecule has 12 rings (SSSR count). The van der Waals surface area contributed by atoms with Crippen LogP contribution in [0.4, 0.5) is 0 Å². The molecule has 0 unspecified atom stereocenters. The first-order chi connectivity index (χ1) is 30.7. The molecule has 0 amide bonds. The molecule has 4 aromatic heterocycles. The smallest absolute Gasteiger partial charge is 0.238 e. The summed E-state index contributed by atoms with van der Waals surface area (Å²) in [6.07, 6.45) is 0. The molecule has 0 atom stereocenters. The van der Waals surface area contributed by atoms with Crippen LogP contribution < -0.4 is 0 Å². The quantitative estimate of drug-likeness (QED) is 0.177. The lowest BCUT2D eigenvalue weighted by Crippen LogP contribution is -2.07. The van der Waals surface area contributed by atoms with E-state index in [0.29, 0.717) is 40.0 Å². The van der Waals surface area contributed by atoms with Gasteiger partial charge in [0, 0.05) is 54.6 Å². The van der Waals surface area contributed by atoms with Crippen LogP contribution in [-0.2, 0) is 0 Å². The summed E-state index contributed by atoms with van der Waals surface area (Å²) in [6, 6.07) is 47.4. The van der Waals surface area contributed by atoms with Gasteiger partial charge in [0.1, 0.15) is 11.2 Å². The number of hydrogen-bond donors (Lipinski definition) is 0. The van der Waals surface area contributed by atoms with Crippen LogP contribution in [0.25, 0.3) is 111 Å². The molecule has 0 aliphatic heterocycles. The predicted octanol–water partition coefficient (Wildman–Crippen LogP) is 13.0. The lowest BCUT2D eigenvalue weighted by atomic mass is 9.98. The molecule has 12 aromatic rings. The Kier molecular flexibility index (Phi) is 5.64. The normalized spacial score (nSPS) is 13.3. The van der Waals surface area contributed by atoms with Crippen molar-refractivity contribution >= 4 is 65.6 Å². The maximum Gasteiger partial charge on any atom is 0.238 e. The SMILES string of the molecule is [2H]c1cc([2H])c2c(c1[2H])c1c([2H])c([2H])cc([2H])c1n2-c1cc(-c2nc(-c3ccccc3)nc(-n3c4ccccc4c4ccccc43)n2)ccc1-c1cccc2c1oc1ccccc12. The van der Waals surface area contributed by atoms with Crippen LogP contribution in [0.1, 0.15) is 8.22 Å². The molecule has 4 heterocycles. The fraction of sp³-hybridized carbons (Fsp3) is 0. The van der Waals surface area contributed by atoms with Crippen molar-refractivity contribution in [3.63, 3.8) is 0 Å². The van der Waals surface area contributed by atoms with Gasteiger partial charge in [-0.1, -0.05) is 152 Å². The van der Waals surface area contributed by atoms with E-state index in [4.69, 9.17) is 24.9 Å². The number of furan rings is 1. The second-order valence-electron chi connectivity index (χ2n) is 13.9. The summed E-state index contributed by atoms with van der Waals surface area (Å²) in [6.45, 7) is 0. The third kappa shape index (κ3) is 4.81. The Balaban J connectivity index is 1.21. The van der Waals surface area contributed by atoms with Gasteiger partial charge in [-0.15, -0.1) is 0 Å². The first kappa shape index (κ1) is 26.1. The average molecular weight is 736 g/mol. The largest absolute Gasteiger partial charge is 0.455 e. The number of para-hydroxylation sites is 6. The predicted molar refractivity (Wildman–Crippen MR) is 232 cm³/mol. The molecule has 0 bridgehead atoms. The van der Waals surface area contributed by atoms with Crippen molar-refractivity contribution < 1.29 is 12.6 Å². The molecule has 6 heteroatoms. The zero-order chi connectivity index (χ0) is 42.7. The van der Waals surface area contributed by atoms with E-state index in [-0.39, 0.29) is 58.1 Å². The Morgan fingerprint density at radius 2 is 1.04 bits per heavy atom. The topological polar surface area (TPSA) is 61.7 Å². The van der Waals surface area contributed by atoms with Crippen molar-refractivity contribution in [1.82, 2.24) is 24.1 Å². The Bertz CT molecular complexity index is 3770. The van der Waals surface area contributed by atoms with Gasteiger partial charge in [-0.3, -0.25) is 4.57 Å². The molecule has 6 nitrogen and oxygen atoms in total. The lowest BCUT2D eigenvalue weighted by Gasteiger charge is -2.17. The van der Waals surface area contributed by atoms with Gasteiger partial charge in [0.05, 0.1) is 36.0 Å². The summed E-state index contributed by atoms with van der Waals surface area (Å²) < 4.78 is 64.5. The first-order valence-electron chi connectivity index (χ1n) is 21.6. The molecule has 0 aliphatic carbocycles. The highest BCUT2D eigenvalue weighted by Gasteiger charge is 2.22. The van der Waals surface area contributed by atoms with Crippen molar-refractivity contribution in [3.05, 3.63) is 188 Å². The van der Waals surface area contributed by atoms with Crippen molar-refractivity contribution in [2.24, 2.45) is 0 Å². The van der Waals surface area contributed by atoms with Crippen molar-refractivity contribution in [3.8, 4) is 45.5 Å². The summed E-state index contributed by atoms with van der Waals surface area (Å²) in [5, 5.41) is 4.29. The summed E-state index contributed by atoms with van der Waals surface area (Å²) >= 11 is 0. The van der Waals surface area contributed by atoms with Crippen LogP contribution in [0.5, 0.6) is 0 Å². The highest BCUT2D eigenvalue weighted by Crippen LogP contribution is 2.42. The van der Waals surface area contributed by atoms with Crippen molar-refractivity contribution in [2.75, 3.05) is 0 Å². The second-order valence-corrected chi connectivity index (χ2v) is 13.9. The van der Waals surface area contributed by atoms with E-state index in [2.05, 4.69) is 24.3 Å². The summed E-state index contributed by atoms with van der Waals surface area (Å²) in [4.78, 5) is 15.4. The molecule has 266 valence electrons. The molecular weight excluding hydrogens is 699 g/mol. The van der Waals surface area contributed by atoms with Crippen LogP contribution in [-0.4, -0.2) is 24.1 Å². The minimum absolute atomic E-state index is 0.0639.